The zero-order valence-electron chi connectivity index (χ0n) is 12.7. The number of carboxylic acid groups (broad SMARTS) is 1. The maximum atomic E-state index is 12.0. The number of benzene rings is 2. The topological polar surface area (TPSA) is 75.6 Å². The molecule has 0 atom stereocenters. The molecule has 0 aliphatic rings. The molecule has 0 radical (unpaired) electrons. The second-order valence-electron chi connectivity index (χ2n) is 5.16. The first-order valence-electron chi connectivity index (χ1n) is 6.89. The molecule has 2 aromatic carbocycles. The van der Waals surface area contributed by atoms with Gasteiger partial charge in [-0.2, -0.15) is 0 Å². The second-order valence-corrected chi connectivity index (χ2v) is 5.60. The number of carbonyl (C=O) groups is 2. The monoisotopic (exact) mass is 333 g/mol. The highest BCUT2D eigenvalue weighted by Crippen LogP contribution is 2.23. The summed E-state index contributed by atoms with van der Waals surface area (Å²) in [6.07, 6.45) is 0. The van der Waals surface area contributed by atoms with E-state index in [4.69, 9.17) is 21.4 Å². The van der Waals surface area contributed by atoms with Crippen molar-refractivity contribution in [3.8, 4) is 5.75 Å². The van der Waals surface area contributed by atoms with Crippen LogP contribution in [0.15, 0.2) is 36.4 Å². The fourth-order valence-corrected chi connectivity index (χ4v) is 2.34. The Morgan fingerprint density at radius 3 is 2.39 bits per heavy atom. The largest absolute Gasteiger partial charge is 0.483 e. The number of hydrogen-bond acceptors (Lipinski definition) is 3. The number of carbonyl (C=O) groups excluding carboxylic acids is 1. The maximum Gasteiger partial charge on any atom is 0.339 e. The number of hydrogen-bond donors (Lipinski definition) is 2. The second kappa shape index (κ2) is 7.15. The van der Waals surface area contributed by atoms with E-state index in [1.165, 1.54) is 18.2 Å². The number of amides is 1. The Hall–Kier alpha value is -2.53. The van der Waals surface area contributed by atoms with Gasteiger partial charge in [-0.05, 0) is 55.3 Å². The van der Waals surface area contributed by atoms with Crippen molar-refractivity contribution in [2.45, 2.75) is 13.8 Å². The molecule has 5 nitrogen and oxygen atoms in total. The van der Waals surface area contributed by atoms with Crippen LogP contribution in [-0.4, -0.2) is 23.6 Å². The third-order valence-corrected chi connectivity index (χ3v) is 3.27. The number of anilines is 1. The molecular formula is C17H16ClNO4. The molecule has 6 heteroatoms. The van der Waals surface area contributed by atoms with Crippen LogP contribution in [0, 0.1) is 13.8 Å². The predicted octanol–water partition coefficient (Wildman–Crippen LogP) is 3.67. The van der Waals surface area contributed by atoms with Crippen molar-refractivity contribution in [1.29, 1.82) is 0 Å². The van der Waals surface area contributed by atoms with Crippen LogP contribution in [-0.2, 0) is 4.79 Å². The molecule has 1 amide bonds. The van der Waals surface area contributed by atoms with Gasteiger partial charge in [0, 0.05) is 10.7 Å². The summed E-state index contributed by atoms with van der Waals surface area (Å²) in [4.78, 5) is 23.1. The standard InChI is InChI=1S/C17H16ClNO4/c1-10-5-11(2)7-13(6-10)19-16(20)9-23-15-8-12(18)3-4-14(15)17(21)22/h3-8H,9H2,1-2H3,(H,19,20)(H,21,22). The van der Waals surface area contributed by atoms with Crippen molar-refractivity contribution in [1.82, 2.24) is 0 Å². The molecule has 0 saturated carbocycles. The minimum absolute atomic E-state index is 0.0476. The zero-order valence-corrected chi connectivity index (χ0v) is 13.5. The van der Waals surface area contributed by atoms with Gasteiger partial charge in [0.2, 0.25) is 0 Å². The highest BCUT2D eigenvalue weighted by Gasteiger charge is 2.13. The average Bonchev–Trinajstić information content (AvgIpc) is 2.43. The first kappa shape index (κ1) is 16.8. The lowest BCUT2D eigenvalue weighted by molar-refractivity contribution is -0.118. The molecule has 23 heavy (non-hydrogen) atoms. The molecule has 0 saturated heterocycles. The Kier molecular flexibility index (Phi) is 5.24. The number of nitrogens with one attached hydrogen (secondary N) is 1. The van der Waals surface area contributed by atoms with Crippen molar-refractivity contribution in [3.05, 3.63) is 58.1 Å². The number of halogens is 1. The normalized spacial score (nSPS) is 10.2. The van der Waals surface area contributed by atoms with Gasteiger partial charge in [-0.15, -0.1) is 0 Å². The fourth-order valence-electron chi connectivity index (χ4n) is 2.18. The Balaban J connectivity index is 2.04. The van der Waals surface area contributed by atoms with E-state index in [1.54, 1.807) is 0 Å². The van der Waals surface area contributed by atoms with E-state index >= 15 is 0 Å². The fraction of sp³-hybridized carbons (Fsp3) is 0.176. The summed E-state index contributed by atoms with van der Waals surface area (Å²) < 4.78 is 5.30. The Bertz CT molecular complexity index is 738. The lowest BCUT2D eigenvalue weighted by atomic mass is 10.1. The number of aryl methyl sites for hydroxylation is 2. The molecule has 0 aliphatic heterocycles. The smallest absolute Gasteiger partial charge is 0.339 e. The minimum atomic E-state index is -1.15. The van der Waals surface area contributed by atoms with Gasteiger partial charge in [-0.3, -0.25) is 4.79 Å². The third-order valence-electron chi connectivity index (χ3n) is 3.04. The average molecular weight is 334 g/mol. The molecule has 0 aliphatic carbocycles. The summed E-state index contributed by atoms with van der Waals surface area (Å²) in [7, 11) is 0. The summed E-state index contributed by atoms with van der Waals surface area (Å²) in [5.74, 6) is -1.47. The van der Waals surface area contributed by atoms with E-state index in [0.29, 0.717) is 10.7 Å². The lowest BCUT2D eigenvalue weighted by Gasteiger charge is -2.11. The quantitative estimate of drug-likeness (QED) is 0.875. The van der Waals surface area contributed by atoms with Crippen molar-refractivity contribution in [3.63, 3.8) is 0 Å². The van der Waals surface area contributed by atoms with E-state index in [2.05, 4.69) is 5.32 Å². The number of rotatable bonds is 5. The predicted molar refractivity (Wildman–Crippen MR) is 88.5 cm³/mol. The first-order chi connectivity index (χ1) is 10.8. The molecule has 0 bridgehead atoms. The zero-order chi connectivity index (χ0) is 17.0. The summed E-state index contributed by atoms with van der Waals surface area (Å²) in [5.41, 5.74) is 2.68. The molecule has 0 fully saturated rings. The van der Waals surface area contributed by atoms with Gasteiger partial charge in [-0.25, -0.2) is 4.79 Å². The Morgan fingerprint density at radius 1 is 1.13 bits per heavy atom. The highest BCUT2D eigenvalue weighted by molar-refractivity contribution is 6.30. The van der Waals surface area contributed by atoms with Crippen LogP contribution in [0.2, 0.25) is 5.02 Å². The molecule has 2 N–H and O–H groups in total. The van der Waals surface area contributed by atoms with Crippen LogP contribution in [0.1, 0.15) is 21.5 Å². The summed E-state index contributed by atoms with van der Waals surface area (Å²) in [6, 6.07) is 9.83. The molecule has 0 aromatic heterocycles. The summed E-state index contributed by atoms with van der Waals surface area (Å²) in [6.45, 7) is 3.56. The van der Waals surface area contributed by atoms with E-state index in [0.717, 1.165) is 11.1 Å². The summed E-state index contributed by atoms with van der Waals surface area (Å²) >= 11 is 5.83. The number of ether oxygens (including phenoxy) is 1. The van der Waals surface area contributed by atoms with Crippen molar-refractivity contribution >= 4 is 29.2 Å². The van der Waals surface area contributed by atoms with Crippen molar-refractivity contribution in [2.75, 3.05) is 11.9 Å². The van der Waals surface area contributed by atoms with Crippen molar-refractivity contribution < 1.29 is 19.4 Å². The third kappa shape index (κ3) is 4.72. The van der Waals surface area contributed by atoms with Crippen LogP contribution in [0.3, 0.4) is 0 Å². The van der Waals surface area contributed by atoms with Gasteiger partial charge < -0.3 is 15.2 Å². The molecular weight excluding hydrogens is 318 g/mol. The van der Waals surface area contributed by atoms with Gasteiger partial charge in [-0.1, -0.05) is 17.7 Å². The first-order valence-corrected chi connectivity index (χ1v) is 7.27. The number of aromatic carboxylic acids is 1. The van der Waals surface area contributed by atoms with Crippen LogP contribution >= 0.6 is 11.6 Å². The molecule has 0 unspecified atom stereocenters. The van der Waals surface area contributed by atoms with Gasteiger partial charge >= 0.3 is 5.97 Å². The SMILES string of the molecule is Cc1cc(C)cc(NC(=O)COc2cc(Cl)ccc2C(=O)O)c1. The number of carboxylic acids is 1. The molecule has 120 valence electrons. The van der Waals surface area contributed by atoms with E-state index in [1.807, 2.05) is 32.0 Å². The van der Waals surface area contributed by atoms with Crippen LogP contribution in [0.4, 0.5) is 5.69 Å². The highest BCUT2D eigenvalue weighted by atomic mass is 35.5. The summed E-state index contributed by atoms with van der Waals surface area (Å²) in [5, 5.41) is 12.1. The minimum Gasteiger partial charge on any atom is -0.483 e. The van der Waals surface area contributed by atoms with Crippen LogP contribution < -0.4 is 10.1 Å². The van der Waals surface area contributed by atoms with Gasteiger partial charge in [0.15, 0.2) is 6.61 Å². The van der Waals surface area contributed by atoms with Gasteiger partial charge in [0.05, 0.1) is 0 Å². The van der Waals surface area contributed by atoms with E-state index in [9.17, 15) is 9.59 Å². The van der Waals surface area contributed by atoms with Gasteiger partial charge in [0.25, 0.3) is 5.91 Å². The molecule has 2 aromatic rings. The lowest BCUT2D eigenvalue weighted by Crippen LogP contribution is -2.21. The van der Waals surface area contributed by atoms with Crippen molar-refractivity contribution in [2.24, 2.45) is 0 Å². The Morgan fingerprint density at radius 2 is 1.78 bits per heavy atom. The van der Waals surface area contributed by atoms with Gasteiger partial charge in [0.1, 0.15) is 11.3 Å². The molecule has 2 rings (SSSR count). The molecule has 0 heterocycles. The van der Waals surface area contributed by atoms with Crippen LogP contribution in [0.25, 0.3) is 0 Å². The van der Waals surface area contributed by atoms with E-state index < -0.39 is 5.97 Å². The van der Waals surface area contributed by atoms with E-state index in [-0.39, 0.29) is 23.8 Å². The Labute approximate surface area is 138 Å². The van der Waals surface area contributed by atoms with Crippen LogP contribution in [0.5, 0.6) is 5.75 Å². The molecule has 0 spiro atoms. The maximum absolute atomic E-state index is 12.0.